The molecule has 0 saturated carbocycles. The Labute approximate surface area is 128 Å². The van der Waals surface area contributed by atoms with Gasteiger partial charge in [0.2, 0.25) is 5.91 Å². The Kier molecular flexibility index (Phi) is 4.15. The zero-order chi connectivity index (χ0) is 14.7. The third kappa shape index (κ3) is 3.22. The van der Waals surface area contributed by atoms with Crippen LogP contribution in [-0.4, -0.2) is 18.8 Å². The van der Waals surface area contributed by atoms with Crippen LogP contribution in [0.1, 0.15) is 5.56 Å². The number of carbonyl (C=O) groups is 1. The normalized spacial score (nSPS) is 16.7. The van der Waals surface area contributed by atoms with Gasteiger partial charge in [-0.15, -0.1) is 11.8 Å². The molecule has 0 spiro atoms. The largest absolute Gasteiger partial charge is 0.492 e. The van der Waals surface area contributed by atoms with Crippen molar-refractivity contribution in [1.29, 1.82) is 0 Å². The molecule has 21 heavy (non-hydrogen) atoms. The van der Waals surface area contributed by atoms with Crippen LogP contribution in [0.4, 0.5) is 5.69 Å². The van der Waals surface area contributed by atoms with Crippen molar-refractivity contribution >= 4 is 23.4 Å². The smallest absolute Gasteiger partial charge is 0.231 e. The first kappa shape index (κ1) is 14.0. The molecule has 1 heterocycles. The predicted molar refractivity (Wildman–Crippen MR) is 86.0 cm³/mol. The molecule has 3 nitrogen and oxygen atoms in total. The fourth-order valence-corrected chi connectivity index (χ4v) is 2.82. The molecular formula is C17H17NO2S. The molecule has 0 aromatic heterocycles. The molecule has 4 heteroatoms. The highest BCUT2D eigenvalue weighted by atomic mass is 32.2. The predicted octanol–water partition coefficient (Wildman–Crippen LogP) is 3.60. The van der Waals surface area contributed by atoms with Gasteiger partial charge in [-0.1, -0.05) is 18.2 Å². The topological polar surface area (TPSA) is 38.3 Å². The summed E-state index contributed by atoms with van der Waals surface area (Å²) >= 11 is 1.68. The van der Waals surface area contributed by atoms with Crippen LogP contribution in [0.3, 0.4) is 0 Å². The molecule has 108 valence electrons. The molecule has 1 N–H and O–H groups in total. The first-order valence-electron chi connectivity index (χ1n) is 6.92. The number of carbonyl (C=O) groups excluding carboxylic acids is 1. The van der Waals surface area contributed by atoms with Gasteiger partial charge >= 0.3 is 0 Å². The second kappa shape index (κ2) is 6.22. The van der Waals surface area contributed by atoms with Gasteiger partial charge in [0.1, 0.15) is 12.4 Å². The molecule has 2 aromatic carbocycles. The number of rotatable bonds is 3. The van der Waals surface area contributed by atoms with E-state index in [1.165, 1.54) is 4.90 Å². The number of amides is 1. The Morgan fingerprint density at radius 3 is 2.71 bits per heavy atom. The van der Waals surface area contributed by atoms with E-state index < -0.39 is 0 Å². The SMILES string of the molecule is CSc1ccc(NC(=O)[C@H]2COc3ccccc3C2)cc1. The van der Waals surface area contributed by atoms with Gasteiger partial charge in [0.15, 0.2) is 0 Å². The van der Waals surface area contributed by atoms with Crippen LogP contribution in [0.5, 0.6) is 5.75 Å². The first-order valence-corrected chi connectivity index (χ1v) is 8.14. The highest BCUT2D eigenvalue weighted by Gasteiger charge is 2.25. The molecule has 0 radical (unpaired) electrons. The van der Waals surface area contributed by atoms with Gasteiger partial charge < -0.3 is 10.1 Å². The summed E-state index contributed by atoms with van der Waals surface area (Å²) in [6.45, 7) is 0.436. The molecule has 2 aromatic rings. The molecule has 1 aliphatic heterocycles. The number of anilines is 1. The van der Waals surface area contributed by atoms with E-state index in [-0.39, 0.29) is 11.8 Å². The summed E-state index contributed by atoms with van der Waals surface area (Å²) in [6.07, 6.45) is 2.76. The second-order valence-electron chi connectivity index (χ2n) is 5.04. The highest BCUT2D eigenvalue weighted by molar-refractivity contribution is 7.98. The van der Waals surface area contributed by atoms with Crippen LogP contribution in [-0.2, 0) is 11.2 Å². The van der Waals surface area contributed by atoms with Crippen LogP contribution >= 0.6 is 11.8 Å². The van der Waals surface area contributed by atoms with Crippen molar-refractivity contribution in [1.82, 2.24) is 0 Å². The zero-order valence-electron chi connectivity index (χ0n) is 11.8. The van der Waals surface area contributed by atoms with E-state index in [2.05, 4.69) is 5.32 Å². The van der Waals surface area contributed by atoms with Gasteiger partial charge in [0, 0.05) is 10.6 Å². The average molecular weight is 299 g/mol. The summed E-state index contributed by atoms with van der Waals surface area (Å²) in [4.78, 5) is 13.5. The van der Waals surface area contributed by atoms with Gasteiger partial charge in [-0.3, -0.25) is 4.79 Å². The molecule has 0 bridgehead atoms. The summed E-state index contributed by atoms with van der Waals surface area (Å²) in [6, 6.07) is 15.8. The summed E-state index contributed by atoms with van der Waals surface area (Å²) < 4.78 is 5.67. The van der Waals surface area contributed by atoms with Crippen molar-refractivity contribution in [3.8, 4) is 5.75 Å². The number of para-hydroxylation sites is 1. The van der Waals surface area contributed by atoms with Crippen LogP contribution in [0.2, 0.25) is 0 Å². The Hall–Kier alpha value is -1.94. The van der Waals surface area contributed by atoms with Crippen molar-refractivity contribution in [2.75, 3.05) is 18.2 Å². The first-order chi connectivity index (χ1) is 10.3. The van der Waals surface area contributed by atoms with Gasteiger partial charge in [-0.2, -0.15) is 0 Å². The van der Waals surface area contributed by atoms with Gasteiger partial charge in [0.25, 0.3) is 0 Å². The zero-order valence-corrected chi connectivity index (χ0v) is 12.7. The lowest BCUT2D eigenvalue weighted by Gasteiger charge is -2.24. The fourth-order valence-electron chi connectivity index (χ4n) is 2.42. The number of hydrogen-bond donors (Lipinski definition) is 1. The van der Waals surface area contributed by atoms with E-state index in [1.54, 1.807) is 11.8 Å². The Balaban J connectivity index is 1.66. The van der Waals surface area contributed by atoms with E-state index >= 15 is 0 Å². The number of thioether (sulfide) groups is 1. The van der Waals surface area contributed by atoms with Crippen LogP contribution < -0.4 is 10.1 Å². The molecule has 0 fully saturated rings. The summed E-state index contributed by atoms with van der Waals surface area (Å²) in [5, 5.41) is 2.97. The van der Waals surface area contributed by atoms with E-state index in [0.29, 0.717) is 6.61 Å². The van der Waals surface area contributed by atoms with Crippen molar-refractivity contribution < 1.29 is 9.53 Å². The standard InChI is InChI=1S/C17H17NO2S/c1-21-15-8-6-14(7-9-15)18-17(19)13-10-12-4-2-3-5-16(12)20-11-13/h2-9,13H,10-11H2,1H3,(H,18,19)/t13-/m1/s1. The van der Waals surface area contributed by atoms with Crippen molar-refractivity contribution in [3.63, 3.8) is 0 Å². The maximum atomic E-state index is 12.3. The average Bonchev–Trinajstić information content (AvgIpc) is 2.55. The molecule has 0 saturated heterocycles. The number of fused-ring (bicyclic) bond motifs is 1. The van der Waals surface area contributed by atoms with E-state index in [0.717, 1.165) is 23.4 Å². The second-order valence-corrected chi connectivity index (χ2v) is 5.92. The van der Waals surface area contributed by atoms with E-state index in [4.69, 9.17) is 4.74 Å². The minimum absolute atomic E-state index is 0.0152. The quantitative estimate of drug-likeness (QED) is 0.880. The molecule has 1 aliphatic rings. The van der Waals surface area contributed by atoms with Gasteiger partial charge in [-0.05, 0) is 48.6 Å². The minimum atomic E-state index is -0.139. The lowest BCUT2D eigenvalue weighted by molar-refractivity contribution is -0.121. The lowest BCUT2D eigenvalue weighted by Crippen LogP contribution is -2.32. The molecule has 0 unspecified atom stereocenters. The summed E-state index contributed by atoms with van der Waals surface area (Å²) in [5.74, 6) is 0.771. The van der Waals surface area contributed by atoms with Crippen LogP contribution in [0.15, 0.2) is 53.4 Å². The fraction of sp³-hybridized carbons (Fsp3) is 0.235. The summed E-state index contributed by atoms with van der Waals surface area (Å²) in [7, 11) is 0. The minimum Gasteiger partial charge on any atom is -0.492 e. The Morgan fingerprint density at radius 1 is 1.19 bits per heavy atom. The van der Waals surface area contributed by atoms with Gasteiger partial charge in [-0.25, -0.2) is 0 Å². The third-order valence-electron chi connectivity index (χ3n) is 3.61. The Bertz CT molecular complexity index is 639. The molecule has 1 amide bonds. The highest BCUT2D eigenvalue weighted by Crippen LogP contribution is 2.27. The number of ether oxygens (including phenoxy) is 1. The van der Waals surface area contributed by atoms with E-state index in [9.17, 15) is 4.79 Å². The monoisotopic (exact) mass is 299 g/mol. The lowest BCUT2D eigenvalue weighted by atomic mass is 9.96. The van der Waals surface area contributed by atoms with Crippen LogP contribution in [0.25, 0.3) is 0 Å². The Morgan fingerprint density at radius 2 is 1.95 bits per heavy atom. The maximum Gasteiger partial charge on any atom is 0.231 e. The van der Waals surface area contributed by atoms with Crippen LogP contribution in [0, 0.1) is 5.92 Å². The third-order valence-corrected chi connectivity index (χ3v) is 4.35. The molecule has 1 atom stereocenters. The van der Waals surface area contributed by atoms with Crippen molar-refractivity contribution in [2.24, 2.45) is 5.92 Å². The number of hydrogen-bond acceptors (Lipinski definition) is 3. The summed E-state index contributed by atoms with van der Waals surface area (Å²) in [5.41, 5.74) is 1.93. The molecule has 0 aliphatic carbocycles. The molecule has 3 rings (SSSR count). The van der Waals surface area contributed by atoms with Crippen molar-refractivity contribution in [3.05, 3.63) is 54.1 Å². The van der Waals surface area contributed by atoms with Crippen molar-refractivity contribution in [2.45, 2.75) is 11.3 Å². The van der Waals surface area contributed by atoms with E-state index in [1.807, 2.05) is 54.8 Å². The molecular weight excluding hydrogens is 282 g/mol. The maximum absolute atomic E-state index is 12.3. The number of nitrogens with one attached hydrogen (secondary N) is 1. The number of benzene rings is 2. The van der Waals surface area contributed by atoms with Gasteiger partial charge in [0.05, 0.1) is 5.92 Å².